The maximum absolute atomic E-state index is 11.1. The van der Waals surface area contributed by atoms with Gasteiger partial charge in [0.05, 0.1) is 5.02 Å². The van der Waals surface area contributed by atoms with Crippen molar-refractivity contribution >= 4 is 40.0 Å². The van der Waals surface area contributed by atoms with Crippen molar-refractivity contribution in [3.63, 3.8) is 0 Å². The topological polar surface area (TPSA) is 17.1 Å². The van der Waals surface area contributed by atoms with Crippen LogP contribution in [0.1, 0.15) is 18.9 Å². The summed E-state index contributed by atoms with van der Waals surface area (Å²) < 4.78 is 1.02. The maximum atomic E-state index is 11.1. The molecule has 0 atom stereocenters. The van der Waals surface area contributed by atoms with Gasteiger partial charge in [0, 0.05) is 16.4 Å². The number of carbonyl (C=O) groups is 1. The largest absolute Gasteiger partial charge is 0.299 e. The minimum Gasteiger partial charge on any atom is -0.299 e. The van der Waals surface area contributed by atoms with Gasteiger partial charge in [0.25, 0.3) is 0 Å². The zero-order chi connectivity index (χ0) is 9.84. The van der Waals surface area contributed by atoms with Gasteiger partial charge in [-0.15, -0.1) is 0 Å². The summed E-state index contributed by atoms with van der Waals surface area (Å²) in [5.41, 5.74) is 0.997. The second-order valence-corrected chi connectivity index (χ2v) is 4.39. The van der Waals surface area contributed by atoms with E-state index in [2.05, 4.69) is 22.6 Å². The smallest absolute Gasteiger partial charge is 0.136 e. The lowest BCUT2D eigenvalue weighted by Crippen LogP contribution is -2.00. The van der Waals surface area contributed by atoms with Crippen molar-refractivity contribution in [2.24, 2.45) is 0 Å². The summed E-state index contributed by atoms with van der Waals surface area (Å²) >= 11 is 8.09. The number of hydrogen-bond acceptors (Lipinski definition) is 1. The van der Waals surface area contributed by atoms with E-state index < -0.39 is 0 Å². The molecule has 1 nitrogen and oxygen atoms in total. The molecule has 0 spiro atoms. The summed E-state index contributed by atoms with van der Waals surface area (Å²) in [5, 5.41) is 0.724. The number of Topliss-reactive ketones (excluding diaryl/α,β-unsaturated/α-hetero) is 1. The molecule has 0 bridgehead atoms. The molecule has 3 heteroatoms. The first kappa shape index (κ1) is 11.0. The summed E-state index contributed by atoms with van der Waals surface area (Å²) in [5.74, 6) is 0.247. The van der Waals surface area contributed by atoms with Gasteiger partial charge in [-0.2, -0.15) is 0 Å². The highest BCUT2D eigenvalue weighted by molar-refractivity contribution is 14.1. The van der Waals surface area contributed by atoms with E-state index in [1.807, 2.05) is 25.1 Å². The fourth-order valence-electron chi connectivity index (χ4n) is 1.00. The van der Waals surface area contributed by atoms with Crippen LogP contribution >= 0.6 is 34.2 Å². The van der Waals surface area contributed by atoms with E-state index in [4.69, 9.17) is 11.6 Å². The third kappa shape index (κ3) is 3.27. The predicted molar refractivity (Wildman–Crippen MR) is 63.2 cm³/mol. The minimum absolute atomic E-state index is 0.247. The Morgan fingerprint density at radius 1 is 1.54 bits per heavy atom. The maximum Gasteiger partial charge on any atom is 0.136 e. The molecule has 0 aromatic heterocycles. The van der Waals surface area contributed by atoms with Gasteiger partial charge in [0.2, 0.25) is 0 Å². The van der Waals surface area contributed by atoms with Crippen LogP contribution in [0.2, 0.25) is 5.02 Å². The van der Waals surface area contributed by atoms with Gasteiger partial charge in [-0.3, -0.25) is 4.79 Å². The molecule has 13 heavy (non-hydrogen) atoms. The molecule has 0 heterocycles. The number of ketones is 1. The zero-order valence-electron chi connectivity index (χ0n) is 7.31. The summed E-state index contributed by atoms with van der Waals surface area (Å²) in [6.07, 6.45) is 1.08. The first-order chi connectivity index (χ1) is 6.13. The van der Waals surface area contributed by atoms with Crippen LogP contribution in [0, 0.1) is 3.57 Å². The highest BCUT2D eigenvalue weighted by atomic mass is 127. The Morgan fingerprint density at radius 3 is 2.77 bits per heavy atom. The van der Waals surface area contributed by atoms with Crippen LogP contribution in [0.15, 0.2) is 18.2 Å². The Balaban J connectivity index is 2.79. The molecule has 0 amide bonds. The number of carbonyl (C=O) groups excluding carboxylic acids is 1. The number of hydrogen-bond donors (Lipinski definition) is 0. The highest BCUT2D eigenvalue weighted by Crippen LogP contribution is 2.19. The van der Waals surface area contributed by atoms with E-state index in [0.717, 1.165) is 14.2 Å². The van der Waals surface area contributed by atoms with Crippen LogP contribution in [0.5, 0.6) is 0 Å². The van der Waals surface area contributed by atoms with Gasteiger partial charge in [0.1, 0.15) is 5.78 Å². The van der Waals surface area contributed by atoms with Crippen molar-refractivity contribution in [1.82, 2.24) is 0 Å². The van der Waals surface area contributed by atoms with Crippen molar-refractivity contribution in [3.05, 3.63) is 32.4 Å². The lowest BCUT2D eigenvalue weighted by molar-refractivity contribution is -0.118. The standard InChI is InChI=1S/C10H10ClIO/c1-2-8(13)5-7-3-4-10(12)9(11)6-7/h3-4,6H,2,5H2,1H3. The van der Waals surface area contributed by atoms with Crippen molar-refractivity contribution in [1.29, 1.82) is 0 Å². The van der Waals surface area contributed by atoms with E-state index in [1.165, 1.54) is 0 Å². The molecule has 0 saturated heterocycles. The first-order valence-electron chi connectivity index (χ1n) is 4.09. The average Bonchev–Trinajstić information content (AvgIpc) is 2.11. The molecule has 0 N–H and O–H groups in total. The zero-order valence-corrected chi connectivity index (χ0v) is 10.2. The van der Waals surface area contributed by atoms with Crippen molar-refractivity contribution < 1.29 is 4.79 Å². The van der Waals surface area contributed by atoms with Gasteiger partial charge < -0.3 is 0 Å². The van der Waals surface area contributed by atoms with E-state index in [9.17, 15) is 4.79 Å². The quantitative estimate of drug-likeness (QED) is 0.782. The minimum atomic E-state index is 0.247. The van der Waals surface area contributed by atoms with Crippen molar-refractivity contribution in [2.45, 2.75) is 19.8 Å². The Hall–Kier alpha value is -0.0900. The van der Waals surface area contributed by atoms with Gasteiger partial charge >= 0.3 is 0 Å². The molecule has 1 rings (SSSR count). The number of halogens is 2. The van der Waals surface area contributed by atoms with Gasteiger partial charge in [-0.25, -0.2) is 0 Å². The second kappa shape index (κ2) is 4.96. The summed E-state index contributed by atoms with van der Waals surface area (Å²) in [6, 6.07) is 5.74. The summed E-state index contributed by atoms with van der Waals surface area (Å²) in [4.78, 5) is 11.1. The van der Waals surface area contributed by atoms with E-state index >= 15 is 0 Å². The first-order valence-corrected chi connectivity index (χ1v) is 5.54. The van der Waals surface area contributed by atoms with Crippen LogP contribution < -0.4 is 0 Å². The van der Waals surface area contributed by atoms with E-state index in [-0.39, 0.29) is 5.78 Å². The molecule has 0 aliphatic carbocycles. The van der Waals surface area contributed by atoms with Crippen LogP contribution in [0.25, 0.3) is 0 Å². The van der Waals surface area contributed by atoms with E-state index in [1.54, 1.807) is 0 Å². The van der Waals surface area contributed by atoms with Crippen LogP contribution in [0.4, 0.5) is 0 Å². The summed E-state index contributed by atoms with van der Waals surface area (Å²) in [6.45, 7) is 1.87. The predicted octanol–water partition coefficient (Wildman–Crippen LogP) is 3.47. The normalized spacial score (nSPS) is 10.1. The van der Waals surface area contributed by atoms with Gasteiger partial charge in [0.15, 0.2) is 0 Å². The van der Waals surface area contributed by atoms with E-state index in [0.29, 0.717) is 12.8 Å². The van der Waals surface area contributed by atoms with Crippen LogP contribution in [-0.4, -0.2) is 5.78 Å². The molecule has 0 aliphatic rings. The molecule has 0 aliphatic heterocycles. The third-order valence-corrected chi connectivity index (χ3v) is 3.35. The SMILES string of the molecule is CCC(=O)Cc1ccc(I)c(Cl)c1. The Labute approximate surface area is 96.6 Å². The number of rotatable bonds is 3. The van der Waals surface area contributed by atoms with Crippen molar-refractivity contribution in [2.75, 3.05) is 0 Å². The second-order valence-electron chi connectivity index (χ2n) is 2.82. The Bertz CT molecular complexity index is 323. The molecule has 0 fully saturated rings. The molecular weight excluding hydrogens is 298 g/mol. The lowest BCUT2D eigenvalue weighted by Gasteiger charge is -2.01. The summed E-state index contributed by atoms with van der Waals surface area (Å²) in [7, 11) is 0. The van der Waals surface area contributed by atoms with Gasteiger partial charge in [-0.05, 0) is 40.3 Å². The fraction of sp³-hybridized carbons (Fsp3) is 0.300. The third-order valence-electron chi connectivity index (χ3n) is 1.78. The molecule has 0 unspecified atom stereocenters. The van der Waals surface area contributed by atoms with Crippen LogP contribution in [-0.2, 0) is 11.2 Å². The molecule has 1 aromatic carbocycles. The fourth-order valence-corrected chi connectivity index (χ4v) is 1.54. The lowest BCUT2D eigenvalue weighted by atomic mass is 10.1. The number of benzene rings is 1. The monoisotopic (exact) mass is 308 g/mol. The van der Waals surface area contributed by atoms with Crippen molar-refractivity contribution in [3.8, 4) is 0 Å². The highest BCUT2D eigenvalue weighted by Gasteiger charge is 2.03. The average molecular weight is 309 g/mol. The molecule has 1 aromatic rings. The Kier molecular flexibility index (Phi) is 4.19. The Morgan fingerprint density at radius 2 is 2.23 bits per heavy atom. The molecule has 0 radical (unpaired) electrons. The molecule has 0 saturated carbocycles. The van der Waals surface area contributed by atoms with Gasteiger partial charge in [-0.1, -0.05) is 24.6 Å². The molecular formula is C10H10ClIO. The molecule has 70 valence electrons. The van der Waals surface area contributed by atoms with Crippen LogP contribution in [0.3, 0.4) is 0 Å².